The molecule has 0 saturated heterocycles. The predicted octanol–water partition coefficient (Wildman–Crippen LogP) is 2.53. The standard InChI is InChI=1S/C14H16N4OS/c1-10(11-6-4-3-5-7-11)17-14(20)18-12-8-13(19-2)16-9-15-12/h3-10H,1-2H3,(H2,15,16,17,18,20)/t10-/m0/s1. The van der Waals surface area contributed by atoms with E-state index >= 15 is 0 Å². The van der Waals surface area contributed by atoms with E-state index in [0.29, 0.717) is 16.8 Å². The van der Waals surface area contributed by atoms with Gasteiger partial charge in [-0.05, 0) is 24.7 Å². The molecule has 0 aliphatic carbocycles. The van der Waals surface area contributed by atoms with Crippen molar-refractivity contribution in [2.75, 3.05) is 12.4 Å². The summed E-state index contributed by atoms with van der Waals surface area (Å²) in [6.45, 7) is 2.05. The average molecular weight is 288 g/mol. The van der Waals surface area contributed by atoms with E-state index < -0.39 is 0 Å². The van der Waals surface area contributed by atoms with Crippen LogP contribution in [-0.4, -0.2) is 22.2 Å². The first-order valence-corrected chi connectivity index (χ1v) is 6.58. The number of benzene rings is 1. The predicted molar refractivity (Wildman–Crippen MR) is 82.8 cm³/mol. The quantitative estimate of drug-likeness (QED) is 0.843. The Morgan fingerprint density at radius 2 is 2.00 bits per heavy atom. The molecule has 0 radical (unpaired) electrons. The third-order valence-electron chi connectivity index (χ3n) is 2.74. The van der Waals surface area contributed by atoms with Gasteiger partial charge in [-0.1, -0.05) is 30.3 Å². The van der Waals surface area contributed by atoms with Crippen LogP contribution in [0.1, 0.15) is 18.5 Å². The second kappa shape index (κ2) is 6.81. The first-order valence-electron chi connectivity index (χ1n) is 6.17. The van der Waals surface area contributed by atoms with Crippen molar-refractivity contribution >= 4 is 23.1 Å². The minimum Gasteiger partial charge on any atom is -0.481 e. The Labute approximate surface area is 123 Å². The van der Waals surface area contributed by atoms with E-state index in [-0.39, 0.29) is 6.04 Å². The molecule has 1 aromatic carbocycles. The van der Waals surface area contributed by atoms with Gasteiger partial charge in [0, 0.05) is 6.07 Å². The van der Waals surface area contributed by atoms with Crippen molar-refractivity contribution in [2.24, 2.45) is 0 Å². The van der Waals surface area contributed by atoms with Gasteiger partial charge in [0.1, 0.15) is 12.1 Å². The lowest BCUT2D eigenvalue weighted by Gasteiger charge is -2.17. The summed E-state index contributed by atoms with van der Waals surface area (Å²) in [6, 6.07) is 11.9. The van der Waals surface area contributed by atoms with Gasteiger partial charge in [-0.15, -0.1) is 0 Å². The number of nitrogens with zero attached hydrogens (tertiary/aromatic N) is 2. The van der Waals surface area contributed by atoms with Crippen molar-refractivity contribution < 1.29 is 4.74 Å². The maximum atomic E-state index is 5.27. The molecule has 104 valence electrons. The van der Waals surface area contributed by atoms with Crippen LogP contribution in [-0.2, 0) is 0 Å². The van der Waals surface area contributed by atoms with Crippen molar-refractivity contribution in [1.29, 1.82) is 0 Å². The molecule has 0 aliphatic heterocycles. The van der Waals surface area contributed by atoms with Gasteiger partial charge in [0.15, 0.2) is 5.11 Å². The fourth-order valence-corrected chi connectivity index (χ4v) is 1.97. The summed E-state index contributed by atoms with van der Waals surface area (Å²) in [7, 11) is 1.56. The van der Waals surface area contributed by atoms with E-state index in [1.54, 1.807) is 13.2 Å². The topological polar surface area (TPSA) is 59.1 Å². The van der Waals surface area contributed by atoms with Crippen LogP contribution < -0.4 is 15.4 Å². The molecule has 1 heterocycles. The molecule has 6 heteroatoms. The maximum absolute atomic E-state index is 5.27. The highest BCUT2D eigenvalue weighted by Gasteiger charge is 2.07. The van der Waals surface area contributed by atoms with Crippen LogP contribution in [0.2, 0.25) is 0 Å². The highest BCUT2D eigenvalue weighted by Crippen LogP contribution is 2.13. The van der Waals surface area contributed by atoms with E-state index in [1.807, 2.05) is 37.3 Å². The molecule has 0 fully saturated rings. The molecule has 2 N–H and O–H groups in total. The Balaban J connectivity index is 1.95. The molecular formula is C14H16N4OS. The normalized spacial score (nSPS) is 11.5. The van der Waals surface area contributed by atoms with Gasteiger partial charge in [0.25, 0.3) is 0 Å². The largest absolute Gasteiger partial charge is 0.481 e. The molecule has 0 unspecified atom stereocenters. The lowest BCUT2D eigenvalue weighted by Crippen LogP contribution is -2.31. The van der Waals surface area contributed by atoms with Crippen LogP contribution in [0.25, 0.3) is 0 Å². The molecule has 0 amide bonds. The van der Waals surface area contributed by atoms with Crippen LogP contribution in [0, 0.1) is 0 Å². The van der Waals surface area contributed by atoms with Gasteiger partial charge >= 0.3 is 0 Å². The number of rotatable bonds is 4. The average Bonchev–Trinajstić information content (AvgIpc) is 2.48. The van der Waals surface area contributed by atoms with E-state index in [1.165, 1.54) is 6.33 Å². The summed E-state index contributed by atoms with van der Waals surface area (Å²) in [6.07, 6.45) is 1.42. The van der Waals surface area contributed by atoms with Gasteiger partial charge in [0.05, 0.1) is 13.2 Å². The number of anilines is 1. The Morgan fingerprint density at radius 1 is 1.25 bits per heavy atom. The highest BCUT2D eigenvalue weighted by molar-refractivity contribution is 7.80. The van der Waals surface area contributed by atoms with Gasteiger partial charge in [-0.2, -0.15) is 0 Å². The minimum atomic E-state index is 0.111. The van der Waals surface area contributed by atoms with Crippen molar-refractivity contribution in [3.63, 3.8) is 0 Å². The van der Waals surface area contributed by atoms with Crippen LogP contribution in [0.5, 0.6) is 5.88 Å². The molecule has 0 bridgehead atoms. The number of thiocarbonyl (C=S) groups is 1. The monoisotopic (exact) mass is 288 g/mol. The van der Waals surface area contributed by atoms with E-state index in [4.69, 9.17) is 17.0 Å². The molecule has 0 saturated carbocycles. The van der Waals surface area contributed by atoms with Crippen LogP contribution in [0.4, 0.5) is 5.82 Å². The first kappa shape index (κ1) is 14.2. The number of nitrogens with one attached hydrogen (secondary N) is 2. The van der Waals surface area contributed by atoms with Crippen LogP contribution in [0.3, 0.4) is 0 Å². The molecule has 0 aliphatic rings. The van der Waals surface area contributed by atoms with E-state index in [0.717, 1.165) is 5.56 Å². The molecule has 1 atom stereocenters. The van der Waals surface area contributed by atoms with Crippen molar-refractivity contribution in [3.05, 3.63) is 48.3 Å². The summed E-state index contributed by atoms with van der Waals surface area (Å²) >= 11 is 5.27. The van der Waals surface area contributed by atoms with Gasteiger partial charge in [-0.3, -0.25) is 0 Å². The van der Waals surface area contributed by atoms with Crippen LogP contribution >= 0.6 is 12.2 Å². The number of hydrogen-bond acceptors (Lipinski definition) is 4. The van der Waals surface area contributed by atoms with Crippen LogP contribution in [0.15, 0.2) is 42.7 Å². The molecule has 5 nitrogen and oxygen atoms in total. The Kier molecular flexibility index (Phi) is 4.84. The maximum Gasteiger partial charge on any atom is 0.218 e. The third kappa shape index (κ3) is 3.89. The Morgan fingerprint density at radius 3 is 2.70 bits per heavy atom. The number of hydrogen-bond donors (Lipinski definition) is 2. The first-order chi connectivity index (χ1) is 9.69. The smallest absolute Gasteiger partial charge is 0.218 e. The zero-order valence-electron chi connectivity index (χ0n) is 11.3. The number of methoxy groups -OCH3 is 1. The molecule has 2 rings (SSSR count). The molecule has 20 heavy (non-hydrogen) atoms. The summed E-state index contributed by atoms with van der Waals surface area (Å²) in [5, 5.41) is 6.71. The number of aromatic nitrogens is 2. The van der Waals surface area contributed by atoms with Gasteiger partial charge < -0.3 is 15.4 Å². The zero-order valence-corrected chi connectivity index (χ0v) is 12.1. The molecule has 2 aromatic rings. The fourth-order valence-electron chi connectivity index (χ4n) is 1.69. The second-order valence-electron chi connectivity index (χ2n) is 4.18. The van der Waals surface area contributed by atoms with Crippen molar-refractivity contribution in [3.8, 4) is 5.88 Å². The van der Waals surface area contributed by atoms with E-state index in [9.17, 15) is 0 Å². The molecule has 0 spiro atoms. The highest BCUT2D eigenvalue weighted by atomic mass is 32.1. The Hall–Kier alpha value is -2.21. The summed E-state index contributed by atoms with van der Waals surface area (Å²) in [5.74, 6) is 1.08. The van der Waals surface area contributed by atoms with Gasteiger partial charge in [0.2, 0.25) is 5.88 Å². The zero-order chi connectivity index (χ0) is 14.4. The lowest BCUT2D eigenvalue weighted by molar-refractivity contribution is 0.397. The van der Waals surface area contributed by atoms with Crippen molar-refractivity contribution in [2.45, 2.75) is 13.0 Å². The van der Waals surface area contributed by atoms with Crippen molar-refractivity contribution in [1.82, 2.24) is 15.3 Å². The second-order valence-corrected chi connectivity index (χ2v) is 4.58. The minimum absolute atomic E-state index is 0.111. The third-order valence-corrected chi connectivity index (χ3v) is 2.96. The lowest BCUT2D eigenvalue weighted by atomic mass is 10.1. The fraction of sp³-hybridized carbons (Fsp3) is 0.214. The van der Waals surface area contributed by atoms with Gasteiger partial charge in [-0.25, -0.2) is 9.97 Å². The molecule has 1 aromatic heterocycles. The SMILES string of the molecule is COc1cc(NC(=S)N[C@@H](C)c2ccccc2)ncn1. The Bertz CT molecular complexity index is 576. The molecular weight excluding hydrogens is 272 g/mol. The van der Waals surface area contributed by atoms with E-state index in [2.05, 4.69) is 20.6 Å². The summed E-state index contributed by atoms with van der Waals surface area (Å²) in [5.41, 5.74) is 1.16. The summed E-state index contributed by atoms with van der Waals surface area (Å²) in [4.78, 5) is 8.01. The summed E-state index contributed by atoms with van der Waals surface area (Å²) < 4.78 is 5.03. The number of ether oxygens (including phenoxy) is 1.